The molecule has 0 aliphatic rings. The van der Waals surface area contributed by atoms with Gasteiger partial charge in [-0.3, -0.25) is 4.79 Å². The van der Waals surface area contributed by atoms with E-state index in [0.717, 1.165) is 12.0 Å². The highest BCUT2D eigenvalue weighted by Crippen LogP contribution is 2.29. The molecule has 2 aromatic carbocycles. The first-order chi connectivity index (χ1) is 11.6. The number of ether oxygens (including phenoxy) is 2. The van der Waals surface area contributed by atoms with E-state index < -0.39 is 0 Å². The van der Waals surface area contributed by atoms with Crippen molar-refractivity contribution in [3.8, 4) is 17.2 Å². The molecular weight excluding hydrogens is 304 g/mol. The Hall–Kier alpha value is -2.75. The fourth-order valence-electron chi connectivity index (χ4n) is 2.12. The van der Waals surface area contributed by atoms with Gasteiger partial charge in [-0.2, -0.15) is 0 Å². The highest BCUT2D eigenvalue weighted by Gasteiger charge is 2.06. The zero-order valence-electron chi connectivity index (χ0n) is 14.0. The van der Waals surface area contributed by atoms with Gasteiger partial charge in [0.05, 0.1) is 13.2 Å². The summed E-state index contributed by atoms with van der Waals surface area (Å²) in [6.45, 7) is 5.14. The van der Waals surface area contributed by atoms with Gasteiger partial charge in [0.25, 0.3) is 0 Å². The van der Waals surface area contributed by atoms with Gasteiger partial charge >= 0.3 is 0 Å². The van der Waals surface area contributed by atoms with Crippen LogP contribution in [0.1, 0.15) is 36.2 Å². The van der Waals surface area contributed by atoms with Crippen molar-refractivity contribution in [2.24, 2.45) is 0 Å². The van der Waals surface area contributed by atoms with Gasteiger partial charge in [-0.05, 0) is 61.4 Å². The Morgan fingerprint density at radius 3 is 2.46 bits per heavy atom. The number of hydrogen-bond donors (Lipinski definition) is 1. The van der Waals surface area contributed by atoms with Gasteiger partial charge < -0.3 is 14.6 Å². The lowest BCUT2D eigenvalue weighted by Crippen LogP contribution is -2.00. The van der Waals surface area contributed by atoms with E-state index in [1.165, 1.54) is 18.2 Å². The Morgan fingerprint density at radius 1 is 1.04 bits per heavy atom. The number of ketones is 1. The smallest absolute Gasteiger partial charge is 0.185 e. The summed E-state index contributed by atoms with van der Waals surface area (Å²) in [5.41, 5.74) is 1.38. The normalized spacial score (nSPS) is 10.8. The van der Waals surface area contributed by atoms with Crippen molar-refractivity contribution >= 4 is 11.9 Å². The highest BCUT2D eigenvalue weighted by atomic mass is 16.5. The SMILES string of the molecule is CCCOc1ccc(/C=C/C(=O)c2ccc(O)cc2)cc1OCC. The summed E-state index contributed by atoms with van der Waals surface area (Å²) < 4.78 is 11.3. The van der Waals surface area contributed by atoms with Gasteiger partial charge in [0.15, 0.2) is 17.3 Å². The number of allylic oxidation sites excluding steroid dienone is 1. The largest absolute Gasteiger partial charge is 0.508 e. The minimum atomic E-state index is -0.126. The molecule has 0 unspecified atom stereocenters. The van der Waals surface area contributed by atoms with E-state index in [4.69, 9.17) is 9.47 Å². The highest BCUT2D eigenvalue weighted by molar-refractivity contribution is 6.06. The lowest BCUT2D eigenvalue weighted by atomic mass is 10.1. The second-order valence-electron chi connectivity index (χ2n) is 5.23. The summed E-state index contributed by atoms with van der Waals surface area (Å²) in [7, 11) is 0. The number of rotatable bonds is 8. The molecule has 0 aliphatic heterocycles. The van der Waals surface area contributed by atoms with E-state index in [0.29, 0.717) is 30.3 Å². The zero-order chi connectivity index (χ0) is 17.4. The van der Waals surface area contributed by atoms with Gasteiger partial charge in [-0.1, -0.05) is 19.1 Å². The van der Waals surface area contributed by atoms with Crippen molar-refractivity contribution in [3.63, 3.8) is 0 Å². The molecule has 4 nitrogen and oxygen atoms in total. The minimum Gasteiger partial charge on any atom is -0.508 e. The first kappa shape index (κ1) is 17.6. The topological polar surface area (TPSA) is 55.8 Å². The van der Waals surface area contributed by atoms with E-state index in [1.807, 2.05) is 32.0 Å². The number of hydrogen-bond acceptors (Lipinski definition) is 4. The number of benzene rings is 2. The molecule has 2 aromatic rings. The summed E-state index contributed by atoms with van der Waals surface area (Å²) in [5.74, 6) is 1.39. The molecule has 0 heterocycles. The third kappa shape index (κ3) is 4.88. The van der Waals surface area contributed by atoms with Crippen LogP contribution in [0.3, 0.4) is 0 Å². The van der Waals surface area contributed by atoms with Crippen molar-refractivity contribution in [1.29, 1.82) is 0 Å². The van der Waals surface area contributed by atoms with Crippen molar-refractivity contribution < 1.29 is 19.4 Å². The molecule has 0 amide bonds. The van der Waals surface area contributed by atoms with Crippen LogP contribution < -0.4 is 9.47 Å². The molecule has 0 bridgehead atoms. The monoisotopic (exact) mass is 326 g/mol. The fourth-order valence-corrected chi connectivity index (χ4v) is 2.12. The molecule has 4 heteroatoms. The third-order valence-corrected chi connectivity index (χ3v) is 3.31. The molecule has 126 valence electrons. The molecule has 24 heavy (non-hydrogen) atoms. The van der Waals surface area contributed by atoms with Crippen molar-refractivity contribution in [2.45, 2.75) is 20.3 Å². The van der Waals surface area contributed by atoms with Crippen LogP contribution in [0.5, 0.6) is 17.2 Å². The predicted molar refractivity (Wildman–Crippen MR) is 94.9 cm³/mol. The molecule has 0 saturated carbocycles. The molecule has 2 rings (SSSR count). The van der Waals surface area contributed by atoms with Crippen LogP contribution in [-0.2, 0) is 0 Å². The quantitative estimate of drug-likeness (QED) is 0.574. The number of aromatic hydroxyl groups is 1. The van der Waals surface area contributed by atoms with Crippen molar-refractivity contribution in [2.75, 3.05) is 13.2 Å². The molecule has 0 atom stereocenters. The Morgan fingerprint density at radius 2 is 1.79 bits per heavy atom. The maximum atomic E-state index is 12.1. The third-order valence-electron chi connectivity index (χ3n) is 3.31. The van der Waals surface area contributed by atoms with Crippen LogP contribution >= 0.6 is 0 Å². The molecular formula is C20H22O4. The summed E-state index contributed by atoms with van der Waals surface area (Å²) >= 11 is 0. The molecule has 0 aromatic heterocycles. The lowest BCUT2D eigenvalue weighted by molar-refractivity contribution is 0.104. The second kappa shape index (κ2) is 8.77. The second-order valence-corrected chi connectivity index (χ2v) is 5.23. The van der Waals surface area contributed by atoms with Gasteiger partial charge in [-0.25, -0.2) is 0 Å². The molecule has 0 saturated heterocycles. The zero-order valence-corrected chi connectivity index (χ0v) is 14.0. The summed E-state index contributed by atoms with van der Waals surface area (Å²) in [6.07, 6.45) is 4.17. The van der Waals surface area contributed by atoms with Gasteiger partial charge in [0.1, 0.15) is 5.75 Å². The van der Waals surface area contributed by atoms with Crippen LogP contribution in [0.15, 0.2) is 48.5 Å². The van der Waals surface area contributed by atoms with E-state index in [9.17, 15) is 9.90 Å². The fraction of sp³-hybridized carbons (Fsp3) is 0.250. The summed E-state index contributed by atoms with van der Waals surface area (Å²) in [4.78, 5) is 12.1. The van der Waals surface area contributed by atoms with E-state index in [2.05, 4.69) is 0 Å². The molecule has 0 radical (unpaired) electrons. The number of carbonyl (C=O) groups excluding carboxylic acids is 1. The standard InChI is InChI=1S/C20H22O4/c1-3-13-24-19-12-6-15(14-20(19)23-4-2)5-11-18(22)16-7-9-17(21)10-8-16/h5-12,14,21H,3-4,13H2,1-2H3/b11-5+. The Bertz CT molecular complexity index is 702. The van der Waals surface area contributed by atoms with Crippen LogP contribution in [-0.4, -0.2) is 24.1 Å². The maximum absolute atomic E-state index is 12.1. The maximum Gasteiger partial charge on any atom is 0.185 e. The first-order valence-electron chi connectivity index (χ1n) is 8.05. The Labute approximate surface area is 142 Å². The van der Waals surface area contributed by atoms with Crippen LogP contribution in [0, 0.1) is 0 Å². The van der Waals surface area contributed by atoms with E-state index >= 15 is 0 Å². The molecule has 0 fully saturated rings. The average molecular weight is 326 g/mol. The van der Waals surface area contributed by atoms with E-state index in [1.54, 1.807) is 18.2 Å². The van der Waals surface area contributed by atoms with Crippen LogP contribution in [0.4, 0.5) is 0 Å². The molecule has 0 spiro atoms. The summed E-state index contributed by atoms with van der Waals surface area (Å²) in [6, 6.07) is 11.8. The Balaban J connectivity index is 2.14. The average Bonchev–Trinajstić information content (AvgIpc) is 2.59. The van der Waals surface area contributed by atoms with E-state index in [-0.39, 0.29) is 11.5 Å². The minimum absolute atomic E-state index is 0.126. The summed E-state index contributed by atoms with van der Waals surface area (Å²) in [5, 5.41) is 9.26. The Kier molecular flexibility index (Phi) is 6.43. The van der Waals surface area contributed by atoms with Gasteiger partial charge in [0, 0.05) is 5.56 Å². The van der Waals surface area contributed by atoms with Gasteiger partial charge in [0.2, 0.25) is 0 Å². The number of phenols is 1. The van der Waals surface area contributed by atoms with Crippen LogP contribution in [0.25, 0.3) is 6.08 Å². The molecule has 1 N–H and O–H groups in total. The predicted octanol–water partition coefficient (Wildman–Crippen LogP) is 4.48. The number of phenolic OH excluding ortho intramolecular Hbond substituents is 1. The first-order valence-corrected chi connectivity index (χ1v) is 8.05. The van der Waals surface area contributed by atoms with Crippen molar-refractivity contribution in [1.82, 2.24) is 0 Å². The number of carbonyl (C=O) groups is 1. The lowest BCUT2D eigenvalue weighted by Gasteiger charge is -2.12. The van der Waals surface area contributed by atoms with Crippen LogP contribution in [0.2, 0.25) is 0 Å². The van der Waals surface area contributed by atoms with Gasteiger partial charge in [-0.15, -0.1) is 0 Å². The molecule has 0 aliphatic carbocycles. The van der Waals surface area contributed by atoms with Crippen molar-refractivity contribution in [3.05, 3.63) is 59.7 Å².